The highest BCUT2D eigenvalue weighted by molar-refractivity contribution is 5.84. The fraction of sp³-hybridized carbons (Fsp3) is 0.727. The Balaban J connectivity index is 2.07. The van der Waals surface area contributed by atoms with Gasteiger partial charge in [0.2, 0.25) is 5.89 Å². The van der Waals surface area contributed by atoms with Crippen LogP contribution in [-0.2, 0) is 9.47 Å². The van der Waals surface area contributed by atoms with E-state index in [2.05, 4.69) is 15.5 Å². The van der Waals surface area contributed by atoms with Gasteiger partial charge in [0, 0.05) is 6.04 Å². The monoisotopic (exact) mass is 255 g/mol. The van der Waals surface area contributed by atoms with Gasteiger partial charge in [0.15, 0.2) is 0 Å². The van der Waals surface area contributed by atoms with Crippen LogP contribution in [0.5, 0.6) is 0 Å². The van der Waals surface area contributed by atoms with Gasteiger partial charge in [0.05, 0.1) is 25.7 Å². The van der Waals surface area contributed by atoms with E-state index in [4.69, 9.17) is 14.0 Å². The van der Waals surface area contributed by atoms with Gasteiger partial charge in [0.1, 0.15) is 0 Å². The number of esters is 1. The largest absolute Gasteiger partial charge is 0.460 e. The SMILES string of the molecule is CCNC1COCC1c1nc(C(=O)OCC)no1. The third kappa shape index (κ3) is 2.68. The maximum absolute atomic E-state index is 11.4. The number of nitrogens with one attached hydrogen (secondary N) is 1. The van der Waals surface area contributed by atoms with Crippen molar-refractivity contribution in [2.45, 2.75) is 25.8 Å². The van der Waals surface area contributed by atoms with E-state index in [9.17, 15) is 4.79 Å². The van der Waals surface area contributed by atoms with Crippen LogP contribution in [0.15, 0.2) is 4.52 Å². The minimum absolute atomic E-state index is 0.0133. The summed E-state index contributed by atoms with van der Waals surface area (Å²) in [5, 5.41) is 6.92. The lowest BCUT2D eigenvalue weighted by Gasteiger charge is -2.13. The molecule has 1 aliphatic rings. The molecule has 0 bridgehead atoms. The zero-order valence-corrected chi connectivity index (χ0v) is 10.5. The number of carbonyl (C=O) groups is 1. The van der Waals surface area contributed by atoms with Crippen LogP contribution >= 0.6 is 0 Å². The van der Waals surface area contributed by atoms with Crippen LogP contribution in [-0.4, -0.2) is 48.5 Å². The second kappa shape index (κ2) is 5.92. The van der Waals surface area contributed by atoms with Crippen LogP contribution in [0.2, 0.25) is 0 Å². The first kappa shape index (κ1) is 13.0. The molecule has 1 saturated heterocycles. The molecule has 1 N–H and O–H groups in total. The summed E-state index contributed by atoms with van der Waals surface area (Å²) >= 11 is 0. The Morgan fingerprint density at radius 1 is 1.50 bits per heavy atom. The molecular weight excluding hydrogens is 238 g/mol. The molecule has 2 atom stereocenters. The van der Waals surface area contributed by atoms with Gasteiger partial charge in [-0.25, -0.2) is 4.79 Å². The topological polar surface area (TPSA) is 86.5 Å². The maximum atomic E-state index is 11.4. The van der Waals surface area contributed by atoms with Crippen molar-refractivity contribution in [1.82, 2.24) is 15.5 Å². The minimum Gasteiger partial charge on any atom is -0.460 e. The van der Waals surface area contributed by atoms with Crippen LogP contribution in [0.25, 0.3) is 0 Å². The van der Waals surface area contributed by atoms with E-state index in [1.807, 2.05) is 6.92 Å². The Bertz CT molecular complexity index is 407. The molecule has 0 radical (unpaired) electrons. The molecule has 7 nitrogen and oxygen atoms in total. The molecular formula is C11H17N3O4. The van der Waals surface area contributed by atoms with E-state index >= 15 is 0 Å². The van der Waals surface area contributed by atoms with Gasteiger partial charge in [0.25, 0.3) is 5.82 Å². The lowest BCUT2D eigenvalue weighted by Crippen LogP contribution is -2.34. The zero-order chi connectivity index (χ0) is 13.0. The minimum atomic E-state index is -0.564. The molecule has 1 aromatic rings. The molecule has 2 heterocycles. The normalized spacial score (nSPS) is 23.2. The van der Waals surface area contributed by atoms with Gasteiger partial charge >= 0.3 is 5.97 Å². The molecule has 18 heavy (non-hydrogen) atoms. The average molecular weight is 255 g/mol. The molecule has 0 aromatic carbocycles. The van der Waals surface area contributed by atoms with Gasteiger partial charge in [-0.2, -0.15) is 4.98 Å². The molecule has 100 valence electrons. The van der Waals surface area contributed by atoms with Crippen LogP contribution in [0, 0.1) is 0 Å². The fourth-order valence-electron chi connectivity index (χ4n) is 1.93. The maximum Gasteiger partial charge on any atom is 0.379 e. The second-order valence-electron chi connectivity index (χ2n) is 3.98. The molecule has 1 aliphatic heterocycles. The molecule has 0 aliphatic carbocycles. The Kier molecular flexibility index (Phi) is 4.27. The van der Waals surface area contributed by atoms with Crippen molar-refractivity contribution < 1.29 is 18.8 Å². The van der Waals surface area contributed by atoms with Gasteiger partial charge in [-0.05, 0) is 18.6 Å². The molecule has 1 fully saturated rings. The molecule has 7 heteroatoms. The highest BCUT2D eigenvalue weighted by atomic mass is 16.5. The Morgan fingerprint density at radius 3 is 3.06 bits per heavy atom. The number of likely N-dealkylation sites (N-methyl/N-ethyl adjacent to an activating group) is 1. The lowest BCUT2D eigenvalue weighted by atomic mass is 10.0. The number of nitrogens with zero attached hydrogens (tertiary/aromatic N) is 2. The summed E-state index contributed by atoms with van der Waals surface area (Å²) in [5.41, 5.74) is 0. The predicted molar refractivity (Wildman–Crippen MR) is 61.3 cm³/mol. The van der Waals surface area contributed by atoms with Crippen molar-refractivity contribution in [1.29, 1.82) is 0 Å². The molecule has 1 aromatic heterocycles. The quantitative estimate of drug-likeness (QED) is 0.759. The van der Waals surface area contributed by atoms with Crippen LogP contribution < -0.4 is 5.32 Å². The summed E-state index contributed by atoms with van der Waals surface area (Å²) in [6.45, 7) is 5.99. The molecule has 0 saturated carbocycles. The first-order chi connectivity index (χ1) is 8.76. The number of carbonyl (C=O) groups excluding carboxylic acids is 1. The summed E-state index contributed by atoms with van der Waals surface area (Å²) in [6.07, 6.45) is 0. The fourth-order valence-corrected chi connectivity index (χ4v) is 1.93. The van der Waals surface area contributed by atoms with Crippen LogP contribution in [0.4, 0.5) is 0 Å². The standard InChI is InChI=1S/C11H17N3O4/c1-3-12-8-6-16-5-7(8)10-13-9(14-18-10)11(15)17-4-2/h7-8,12H,3-6H2,1-2H3. The first-order valence-corrected chi connectivity index (χ1v) is 6.08. The van der Waals surface area contributed by atoms with Crippen molar-refractivity contribution in [3.8, 4) is 0 Å². The van der Waals surface area contributed by atoms with E-state index in [1.165, 1.54) is 0 Å². The molecule has 2 unspecified atom stereocenters. The third-order valence-electron chi connectivity index (χ3n) is 2.76. The molecule has 2 rings (SSSR count). The predicted octanol–water partition coefficient (Wildman–Crippen LogP) is 0.338. The van der Waals surface area contributed by atoms with E-state index in [-0.39, 0.29) is 24.4 Å². The summed E-state index contributed by atoms with van der Waals surface area (Å²) < 4.78 is 15.3. The highest BCUT2D eigenvalue weighted by Crippen LogP contribution is 2.24. The van der Waals surface area contributed by atoms with Crippen LogP contribution in [0.1, 0.15) is 36.3 Å². The number of aromatic nitrogens is 2. The Hall–Kier alpha value is -1.47. The third-order valence-corrected chi connectivity index (χ3v) is 2.76. The van der Waals surface area contributed by atoms with Gasteiger partial charge in [-0.3, -0.25) is 0 Å². The van der Waals surface area contributed by atoms with Crippen molar-refractivity contribution >= 4 is 5.97 Å². The van der Waals surface area contributed by atoms with E-state index in [1.54, 1.807) is 6.92 Å². The highest BCUT2D eigenvalue weighted by Gasteiger charge is 2.34. The average Bonchev–Trinajstić information content (AvgIpc) is 2.97. The van der Waals surface area contributed by atoms with E-state index in [0.29, 0.717) is 19.1 Å². The number of hydrogen-bond donors (Lipinski definition) is 1. The van der Waals surface area contributed by atoms with Gasteiger partial charge in [-0.15, -0.1) is 0 Å². The Morgan fingerprint density at radius 2 is 2.33 bits per heavy atom. The van der Waals surface area contributed by atoms with Crippen LogP contribution in [0.3, 0.4) is 0 Å². The van der Waals surface area contributed by atoms with Gasteiger partial charge < -0.3 is 19.3 Å². The number of ether oxygens (including phenoxy) is 2. The van der Waals surface area contributed by atoms with E-state index in [0.717, 1.165) is 6.54 Å². The van der Waals surface area contributed by atoms with Crippen molar-refractivity contribution in [2.75, 3.05) is 26.4 Å². The number of rotatable bonds is 5. The summed E-state index contributed by atoms with van der Waals surface area (Å²) in [5.74, 6) is -0.192. The summed E-state index contributed by atoms with van der Waals surface area (Å²) in [7, 11) is 0. The Labute approximate surface area is 105 Å². The first-order valence-electron chi connectivity index (χ1n) is 6.08. The number of hydrogen-bond acceptors (Lipinski definition) is 7. The summed E-state index contributed by atoms with van der Waals surface area (Å²) in [6, 6.07) is 0.144. The van der Waals surface area contributed by atoms with Crippen molar-refractivity contribution in [3.05, 3.63) is 11.7 Å². The second-order valence-corrected chi connectivity index (χ2v) is 3.98. The van der Waals surface area contributed by atoms with Crippen molar-refractivity contribution in [2.24, 2.45) is 0 Å². The summed E-state index contributed by atoms with van der Waals surface area (Å²) in [4.78, 5) is 15.5. The molecule has 0 amide bonds. The lowest BCUT2D eigenvalue weighted by molar-refractivity contribution is 0.0508. The zero-order valence-electron chi connectivity index (χ0n) is 10.5. The smallest absolute Gasteiger partial charge is 0.379 e. The van der Waals surface area contributed by atoms with E-state index < -0.39 is 5.97 Å². The molecule has 0 spiro atoms. The van der Waals surface area contributed by atoms with Gasteiger partial charge in [-0.1, -0.05) is 6.92 Å². The van der Waals surface area contributed by atoms with Crippen molar-refractivity contribution in [3.63, 3.8) is 0 Å².